The molecule has 1 aliphatic heterocycles. The van der Waals surface area contributed by atoms with E-state index in [2.05, 4.69) is 23.7 Å². The van der Waals surface area contributed by atoms with E-state index in [-0.39, 0.29) is 11.7 Å². The predicted molar refractivity (Wildman–Crippen MR) is 83.1 cm³/mol. The molecule has 0 aromatic heterocycles. The number of carbonyl (C=O) groups excluding carboxylic acids is 1. The number of rotatable bonds is 2. The normalized spacial score (nSPS) is 22.2. The lowest BCUT2D eigenvalue weighted by Gasteiger charge is -2.29. The van der Waals surface area contributed by atoms with E-state index in [4.69, 9.17) is 11.6 Å². The number of aliphatic imine (C=N–C) groups is 1. The first-order valence-corrected chi connectivity index (χ1v) is 6.92. The number of nitriles is 1. The highest BCUT2D eigenvalue weighted by atomic mass is 35.5. The van der Waals surface area contributed by atoms with Crippen LogP contribution in [0.2, 0.25) is 5.02 Å². The minimum atomic E-state index is -0.445. The molecule has 1 heterocycles. The van der Waals surface area contributed by atoms with Crippen molar-refractivity contribution in [2.45, 2.75) is 19.8 Å². The molecule has 0 amide bonds. The maximum atomic E-state index is 12.0. The molecule has 1 aromatic rings. The van der Waals surface area contributed by atoms with Crippen LogP contribution in [0.1, 0.15) is 25.3 Å². The SMILES string of the molecule is CC(=O)C1C(C)=NC(S)=C(C#N)[C@@H]1c1cccc(Cl)c1. The molecule has 2 atom stereocenters. The Balaban J connectivity index is 2.64. The standard InChI is InChI=1S/C15H13ClN2OS/c1-8-13(9(2)19)14(12(7-17)15(20)18-8)10-4-3-5-11(16)6-10/h3-6,13-14,20H,1-2H3/t13?,14-/m0/s1. The summed E-state index contributed by atoms with van der Waals surface area (Å²) in [4.78, 5) is 16.2. The number of nitrogens with zero attached hydrogens (tertiary/aromatic N) is 2. The van der Waals surface area contributed by atoms with E-state index >= 15 is 0 Å². The molecule has 5 heteroatoms. The quantitative estimate of drug-likeness (QED) is 0.846. The molecular weight excluding hydrogens is 292 g/mol. The summed E-state index contributed by atoms with van der Waals surface area (Å²) in [7, 11) is 0. The maximum absolute atomic E-state index is 12.0. The van der Waals surface area contributed by atoms with Crippen molar-refractivity contribution >= 4 is 35.7 Å². The molecule has 0 aliphatic carbocycles. The maximum Gasteiger partial charge on any atom is 0.139 e. The third-order valence-electron chi connectivity index (χ3n) is 3.38. The van der Waals surface area contributed by atoms with Gasteiger partial charge in [0.15, 0.2) is 0 Å². The van der Waals surface area contributed by atoms with Crippen LogP contribution in [-0.4, -0.2) is 11.5 Å². The van der Waals surface area contributed by atoms with Crippen molar-refractivity contribution in [3.8, 4) is 6.07 Å². The van der Waals surface area contributed by atoms with Crippen LogP contribution in [0.5, 0.6) is 0 Å². The van der Waals surface area contributed by atoms with E-state index in [1.807, 2.05) is 12.1 Å². The lowest BCUT2D eigenvalue weighted by Crippen LogP contribution is -2.31. The molecule has 1 aromatic carbocycles. The largest absolute Gasteiger partial charge is 0.299 e. The van der Waals surface area contributed by atoms with Crippen molar-refractivity contribution in [1.29, 1.82) is 5.26 Å². The van der Waals surface area contributed by atoms with Crippen molar-refractivity contribution < 1.29 is 4.79 Å². The molecule has 0 saturated carbocycles. The van der Waals surface area contributed by atoms with Gasteiger partial charge in [0.2, 0.25) is 0 Å². The van der Waals surface area contributed by atoms with Gasteiger partial charge in [-0.05, 0) is 31.5 Å². The van der Waals surface area contributed by atoms with Crippen LogP contribution >= 0.6 is 24.2 Å². The summed E-state index contributed by atoms with van der Waals surface area (Å²) < 4.78 is 0. The lowest BCUT2D eigenvalue weighted by atomic mass is 9.75. The van der Waals surface area contributed by atoms with Gasteiger partial charge in [0.1, 0.15) is 10.8 Å². The summed E-state index contributed by atoms with van der Waals surface area (Å²) in [5.41, 5.74) is 1.91. The number of halogens is 1. The van der Waals surface area contributed by atoms with Gasteiger partial charge in [-0.15, -0.1) is 12.6 Å². The monoisotopic (exact) mass is 304 g/mol. The van der Waals surface area contributed by atoms with Gasteiger partial charge in [0, 0.05) is 16.7 Å². The van der Waals surface area contributed by atoms with Gasteiger partial charge >= 0.3 is 0 Å². The van der Waals surface area contributed by atoms with Crippen molar-refractivity contribution in [3.05, 3.63) is 45.5 Å². The molecule has 3 nitrogen and oxygen atoms in total. The molecule has 1 aliphatic rings. The van der Waals surface area contributed by atoms with E-state index in [0.717, 1.165) is 5.56 Å². The van der Waals surface area contributed by atoms with E-state index < -0.39 is 5.92 Å². The van der Waals surface area contributed by atoms with Crippen LogP contribution < -0.4 is 0 Å². The van der Waals surface area contributed by atoms with Crippen molar-refractivity contribution in [2.75, 3.05) is 0 Å². The second kappa shape index (κ2) is 5.82. The number of ketones is 1. The highest BCUT2D eigenvalue weighted by Gasteiger charge is 2.36. The average molecular weight is 305 g/mol. The Morgan fingerprint density at radius 3 is 2.75 bits per heavy atom. The molecule has 0 N–H and O–H groups in total. The van der Waals surface area contributed by atoms with Crippen LogP contribution in [0.3, 0.4) is 0 Å². The van der Waals surface area contributed by atoms with Gasteiger partial charge in [0.05, 0.1) is 17.6 Å². The topological polar surface area (TPSA) is 53.2 Å². The van der Waals surface area contributed by atoms with E-state index in [1.165, 1.54) is 6.92 Å². The first-order valence-electron chi connectivity index (χ1n) is 6.10. The number of hydrogen-bond donors (Lipinski definition) is 1. The molecule has 20 heavy (non-hydrogen) atoms. The Bertz CT molecular complexity index is 673. The molecule has 0 radical (unpaired) electrons. The van der Waals surface area contributed by atoms with E-state index in [0.29, 0.717) is 21.3 Å². The zero-order chi connectivity index (χ0) is 14.9. The van der Waals surface area contributed by atoms with Gasteiger partial charge in [-0.3, -0.25) is 4.79 Å². The molecular formula is C15H13ClN2OS. The average Bonchev–Trinajstić information content (AvgIpc) is 2.37. The fraction of sp³-hybridized carbons (Fsp3) is 0.267. The second-order valence-electron chi connectivity index (χ2n) is 4.72. The summed E-state index contributed by atoms with van der Waals surface area (Å²) in [6.07, 6.45) is 0. The Hall–Kier alpha value is -1.57. The van der Waals surface area contributed by atoms with Crippen LogP contribution in [0.4, 0.5) is 0 Å². The first-order chi connectivity index (χ1) is 9.45. The van der Waals surface area contributed by atoms with Crippen LogP contribution in [0, 0.1) is 17.2 Å². The highest BCUT2D eigenvalue weighted by molar-refractivity contribution is 7.84. The predicted octanol–water partition coefficient (Wildman–Crippen LogP) is 3.77. The number of carbonyl (C=O) groups is 1. The minimum Gasteiger partial charge on any atom is -0.299 e. The first kappa shape index (κ1) is 14.8. The molecule has 0 fully saturated rings. The molecule has 2 rings (SSSR count). The van der Waals surface area contributed by atoms with Gasteiger partial charge in [0.25, 0.3) is 0 Å². The summed E-state index contributed by atoms with van der Waals surface area (Å²) in [6, 6.07) is 9.34. The molecule has 102 valence electrons. The lowest BCUT2D eigenvalue weighted by molar-refractivity contribution is -0.119. The number of benzene rings is 1. The number of Topliss-reactive ketones (excluding diaryl/α,β-unsaturated/α-hetero) is 1. The summed E-state index contributed by atoms with van der Waals surface area (Å²) in [6.45, 7) is 3.30. The number of hydrogen-bond acceptors (Lipinski definition) is 4. The summed E-state index contributed by atoms with van der Waals surface area (Å²) in [5, 5.41) is 10.3. The van der Waals surface area contributed by atoms with Crippen LogP contribution in [-0.2, 0) is 4.79 Å². The number of allylic oxidation sites excluding steroid dienone is 1. The summed E-state index contributed by atoms with van der Waals surface area (Å²) in [5.74, 6) is -0.843. The molecule has 0 bridgehead atoms. The zero-order valence-electron chi connectivity index (χ0n) is 11.1. The Morgan fingerprint density at radius 2 is 2.20 bits per heavy atom. The van der Waals surface area contributed by atoms with Crippen LogP contribution in [0.15, 0.2) is 39.9 Å². The third-order valence-corrected chi connectivity index (χ3v) is 3.96. The fourth-order valence-corrected chi connectivity index (χ4v) is 3.10. The smallest absolute Gasteiger partial charge is 0.139 e. The second-order valence-corrected chi connectivity index (χ2v) is 5.58. The van der Waals surface area contributed by atoms with Crippen molar-refractivity contribution in [3.63, 3.8) is 0 Å². The van der Waals surface area contributed by atoms with E-state index in [9.17, 15) is 10.1 Å². The van der Waals surface area contributed by atoms with E-state index in [1.54, 1.807) is 19.1 Å². The van der Waals surface area contributed by atoms with Gasteiger partial charge in [-0.2, -0.15) is 5.26 Å². The number of thiol groups is 1. The highest BCUT2D eigenvalue weighted by Crippen LogP contribution is 2.40. The third kappa shape index (κ3) is 2.65. The summed E-state index contributed by atoms with van der Waals surface area (Å²) >= 11 is 10.3. The Morgan fingerprint density at radius 1 is 1.50 bits per heavy atom. The Labute approximate surface area is 128 Å². The fourth-order valence-electron chi connectivity index (χ4n) is 2.55. The molecule has 0 spiro atoms. The van der Waals surface area contributed by atoms with Gasteiger partial charge < -0.3 is 0 Å². The zero-order valence-corrected chi connectivity index (χ0v) is 12.7. The van der Waals surface area contributed by atoms with Crippen molar-refractivity contribution in [1.82, 2.24) is 0 Å². The van der Waals surface area contributed by atoms with Gasteiger partial charge in [-0.25, -0.2) is 4.99 Å². The van der Waals surface area contributed by atoms with Gasteiger partial charge in [-0.1, -0.05) is 23.7 Å². The van der Waals surface area contributed by atoms with Crippen LogP contribution in [0.25, 0.3) is 0 Å². The Kier molecular flexibility index (Phi) is 4.32. The molecule has 0 saturated heterocycles. The molecule has 1 unspecified atom stereocenters. The minimum absolute atomic E-state index is 0.0233. The van der Waals surface area contributed by atoms with Crippen molar-refractivity contribution in [2.24, 2.45) is 10.9 Å².